The van der Waals surface area contributed by atoms with Crippen LogP contribution in [0.2, 0.25) is 10.0 Å². The van der Waals surface area contributed by atoms with Crippen molar-refractivity contribution >= 4 is 50.7 Å². The van der Waals surface area contributed by atoms with E-state index in [1.165, 1.54) is 11.4 Å². The van der Waals surface area contributed by atoms with Crippen LogP contribution in [0.1, 0.15) is 49.7 Å². The van der Waals surface area contributed by atoms with Gasteiger partial charge < -0.3 is 15.0 Å². The molecule has 3 aromatic rings. The van der Waals surface area contributed by atoms with Gasteiger partial charge in [-0.05, 0) is 54.7 Å². The van der Waals surface area contributed by atoms with Crippen molar-refractivity contribution in [2.75, 3.05) is 24.2 Å². The maximum atomic E-state index is 14.1. The Morgan fingerprint density at radius 2 is 1.73 bits per heavy atom. The Balaban J connectivity index is 1.61. The van der Waals surface area contributed by atoms with Crippen LogP contribution >= 0.6 is 23.2 Å². The van der Waals surface area contributed by atoms with E-state index in [1.54, 1.807) is 47.4 Å². The lowest BCUT2D eigenvalue weighted by molar-refractivity contribution is -0.141. The van der Waals surface area contributed by atoms with Gasteiger partial charge in [0.25, 0.3) is 0 Å². The highest BCUT2D eigenvalue weighted by Crippen LogP contribution is 2.27. The Morgan fingerprint density at radius 3 is 2.39 bits per heavy atom. The number of benzene rings is 3. The highest BCUT2D eigenvalue weighted by molar-refractivity contribution is 7.92. The van der Waals surface area contributed by atoms with Gasteiger partial charge >= 0.3 is 0 Å². The summed E-state index contributed by atoms with van der Waals surface area (Å²) in [5.41, 5.74) is 2.02. The van der Waals surface area contributed by atoms with E-state index in [-0.39, 0.29) is 43.8 Å². The summed E-state index contributed by atoms with van der Waals surface area (Å²) in [5.74, 6) is 0.0289. The van der Waals surface area contributed by atoms with Crippen LogP contribution < -0.4 is 14.4 Å². The fraction of sp³-hybridized carbons (Fsp3) is 0.394. The molecule has 236 valence electrons. The molecule has 0 aliphatic heterocycles. The quantitative estimate of drug-likeness (QED) is 0.221. The van der Waals surface area contributed by atoms with Crippen LogP contribution in [-0.2, 0) is 32.6 Å². The van der Waals surface area contributed by atoms with Gasteiger partial charge in [-0.1, -0.05) is 78.5 Å². The Labute approximate surface area is 270 Å². The van der Waals surface area contributed by atoms with Crippen LogP contribution in [0.3, 0.4) is 0 Å². The predicted octanol–water partition coefficient (Wildman–Crippen LogP) is 6.25. The van der Waals surface area contributed by atoms with Crippen molar-refractivity contribution in [2.24, 2.45) is 0 Å². The van der Waals surface area contributed by atoms with Gasteiger partial charge in [-0.25, -0.2) is 8.42 Å². The number of methoxy groups -OCH3 is 1. The molecule has 0 spiro atoms. The maximum Gasteiger partial charge on any atom is 0.243 e. The summed E-state index contributed by atoms with van der Waals surface area (Å²) in [4.78, 5) is 29.5. The van der Waals surface area contributed by atoms with Gasteiger partial charge in [0.1, 0.15) is 11.8 Å². The standard InChI is InChI=1S/C33H39Cl2N3O5S/c1-43-29-15-8-14-28(22-29)38(44(2,41)42)19-9-16-32(39)37(23-25-17-18-26(34)21-30(25)35)31(20-24-10-4-3-5-11-24)33(40)36-27-12-6-7-13-27/h3-5,8,10-11,14-15,17-18,21-22,27,31H,6-7,9,12-13,16,19-20,23H2,1-2H3,(H,36,40)/t31-/m0/s1. The second kappa shape index (κ2) is 15.6. The number of rotatable bonds is 14. The lowest BCUT2D eigenvalue weighted by Crippen LogP contribution is -2.52. The van der Waals surface area contributed by atoms with Gasteiger partial charge in [-0.3, -0.25) is 13.9 Å². The molecule has 8 nitrogen and oxygen atoms in total. The molecule has 1 fully saturated rings. The van der Waals surface area contributed by atoms with Crippen molar-refractivity contribution in [1.82, 2.24) is 10.2 Å². The number of hydrogen-bond donors (Lipinski definition) is 1. The molecule has 3 aromatic carbocycles. The van der Waals surface area contributed by atoms with Crippen molar-refractivity contribution < 1.29 is 22.7 Å². The number of sulfonamides is 1. The second-order valence-electron chi connectivity index (χ2n) is 11.1. The number of nitrogens with one attached hydrogen (secondary N) is 1. The molecule has 1 aliphatic rings. The van der Waals surface area contributed by atoms with Crippen molar-refractivity contribution in [3.05, 3.63) is 94.0 Å². The average Bonchev–Trinajstić information content (AvgIpc) is 3.51. The van der Waals surface area contributed by atoms with E-state index >= 15 is 0 Å². The summed E-state index contributed by atoms with van der Waals surface area (Å²) in [7, 11) is -2.13. The number of carbonyl (C=O) groups is 2. The number of anilines is 1. The fourth-order valence-electron chi connectivity index (χ4n) is 5.52. The predicted molar refractivity (Wildman–Crippen MR) is 176 cm³/mol. The summed E-state index contributed by atoms with van der Waals surface area (Å²) in [6.07, 6.45) is 5.63. The van der Waals surface area contributed by atoms with E-state index < -0.39 is 16.1 Å². The largest absolute Gasteiger partial charge is 0.497 e. The smallest absolute Gasteiger partial charge is 0.243 e. The molecule has 1 atom stereocenters. The third-order valence-electron chi connectivity index (χ3n) is 7.82. The van der Waals surface area contributed by atoms with Crippen LogP contribution in [0, 0.1) is 0 Å². The van der Waals surface area contributed by atoms with E-state index in [4.69, 9.17) is 27.9 Å². The topological polar surface area (TPSA) is 96.0 Å². The Kier molecular flexibility index (Phi) is 11.9. The first kappa shape index (κ1) is 33.6. The molecule has 0 bridgehead atoms. The molecule has 0 unspecified atom stereocenters. The zero-order valence-corrected chi connectivity index (χ0v) is 27.4. The number of carbonyl (C=O) groups excluding carboxylic acids is 2. The zero-order chi connectivity index (χ0) is 31.7. The van der Waals surface area contributed by atoms with E-state index in [1.807, 2.05) is 30.3 Å². The normalized spacial score (nSPS) is 14.2. The molecule has 4 rings (SSSR count). The van der Waals surface area contributed by atoms with E-state index in [9.17, 15) is 18.0 Å². The second-order valence-corrected chi connectivity index (χ2v) is 13.8. The summed E-state index contributed by atoms with van der Waals surface area (Å²) in [6, 6.07) is 20.7. The molecule has 1 aliphatic carbocycles. The van der Waals surface area contributed by atoms with Crippen LogP contribution in [0.15, 0.2) is 72.8 Å². The number of amides is 2. The Hall–Kier alpha value is -3.27. The fourth-order valence-corrected chi connectivity index (χ4v) is 6.95. The average molecular weight is 661 g/mol. The van der Waals surface area contributed by atoms with Crippen molar-refractivity contribution in [2.45, 2.75) is 63.6 Å². The van der Waals surface area contributed by atoms with Crippen molar-refractivity contribution in [1.29, 1.82) is 0 Å². The summed E-state index contributed by atoms with van der Waals surface area (Å²) < 4.78 is 32.0. The van der Waals surface area contributed by atoms with Crippen molar-refractivity contribution in [3.63, 3.8) is 0 Å². The van der Waals surface area contributed by atoms with Crippen LogP contribution in [0.25, 0.3) is 0 Å². The Bertz CT molecular complexity index is 1530. The van der Waals surface area contributed by atoms with Gasteiger partial charge in [0.05, 0.1) is 19.1 Å². The molecule has 1 N–H and O–H groups in total. The number of nitrogens with zero attached hydrogens (tertiary/aromatic N) is 2. The highest BCUT2D eigenvalue weighted by atomic mass is 35.5. The molecule has 0 aromatic heterocycles. The minimum Gasteiger partial charge on any atom is -0.497 e. The zero-order valence-electron chi connectivity index (χ0n) is 25.0. The molecule has 44 heavy (non-hydrogen) atoms. The first-order valence-electron chi connectivity index (χ1n) is 14.7. The van der Waals surface area contributed by atoms with Gasteiger partial charge in [-0.15, -0.1) is 0 Å². The maximum absolute atomic E-state index is 14.1. The third kappa shape index (κ3) is 9.36. The third-order valence-corrected chi connectivity index (χ3v) is 9.60. The molecular formula is C33H39Cl2N3O5S. The summed E-state index contributed by atoms with van der Waals surface area (Å²) in [5, 5.41) is 4.05. The first-order chi connectivity index (χ1) is 21.0. The monoisotopic (exact) mass is 659 g/mol. The number of ether oxygens (including phenoxy) is 1. The van der Waals surface area contributed by atoms with Gasteiger partial charge in [0, 0.05) is 48.1 Å². The van der Waals surface area contributed by atoms with Crippen LogP contribution in [-0.4, -0.2) is 57.1 Å². The van der Waals surface area contributed by atoms with E-state index in [2.05, 4.69) is 5.32 Å². The summed E-state index contributed by atoms with van der Waals surface area (Å²) in [6.45, 7) is 0.168. The van der Waals surface area contributed by atoms with Crippen LogP contribution in [0.4, 0.5) is 5.69 Å². The molecule has 0 radical (unpaired) electrons. The lowest BCUT2D eigenvalue weighted by atomic mass is 10.0. The van der Waals surface area contributed by atoms with E-state index in [0.29, 0.717) is 33.5 Å². The highest BCUT2D eigenvalue weighted by Gasteiger charge is 2.32. The Morgan fingerprint density at radius 1 is 1.00 bits per heavy atom. The number of hydrogen-bond acceptors (Lipinski definition) is 5. The molecule has 1 saturated carbocycles. The van der Waals surface area contributed by atoms with Gasteiger partial charge in [0.15, 0.2) is 0 Å². The first-order valence-corrected chi connectivity index (χ1v) is 17.3. The van der Waals surface area contributed by atoms with Gasteiger partial charge in [-0.2, -0.15) is 0 Å². The molecule has 2 amide bonds. The minimum absolute atomic E-state index is 0.0171. The summed E-state index contributed by atoms with van der Waals surface area (Å²) >= 11 is 12.7. The minimum atomic E-state index is -3.64. The molecule has 0 heterocycles. The molecule has 0 saturated heterocycles. The van der Waals surface area contributed by atoms with Gasteiger partial charge in [0.2, 0.25) is 21.8 Å². The number of halogens is 2. The SMILES string of the molecule is COc1cccc(N(CCCC(=O)N(Cc2ccc(Cl)cc2Cl)[C@@H](Cc2ccccc2)C(=O)NC2CCCC2)S(C)(=O)=O)c1. The lowest BCUT2D eigenvalue weighted by Gasteiger charge is -2.33. The van der Waals surface area contributed by atoms with E-state index in [0.717, 1.165) is 37.5 Å². The van der Waals surface area contributed by atoms with Crippen molar-refractivity contribution in [3.8, 4) is 5.75 Å². The van der Waals surface area contributed by atoms with Crippen LogP contribution in [0.5, 0.6) is 5.75 Å². The molecular weight excluding hydrogens is 621 g/mol. The molecule has 11 heteroatoms.